The lowest BCUT2D eigenvalue weighted by Crippen LogP contribution is -2.50. The second kappa shape index (κ2) is 12.3. The predicted octanol–water partition coefficient (Wildman–Crippen LogP) is 4.46. The average Bonchev–Trinajstić information content (AvgIpc) is 2.75. The molecule has 0 saturated heterocycles. The van der Waals surface area contributed by atoms with Crippen LogP contribution in [0.3, 0.4) is 0 Å². The maximum absolute atomic E-state index is 13.1. The summed E-state index contributed by atoms with van der Waals surface area (Å²) in [5.74, 6) is 0.274. The zero-order valence-corrected chi connectivity index (χ0v) is 18.5. The van der Waals surface area contributed by atoms with Crippen molar-refractivity contribution in [2.24, 2.45) is 0 Å². The van der Waals surface area contributed by atoms with Gasteiger partial charge in [-0.2, -0.15) is 0 Å². The summed E-state index contributed by atoms with van der Waals surface area (Å²) >= 11 is 1.52. The van der Waals surface area contributed by atoms with E-state index in [-0.39, 0.29) is 11.8 Å². The molecule has 156 valence electrons. The molecule has 0 radical (unpaired) electrons. The molecule has 2 aromatic rings. The van der Waals surface area contributed by atoms with E-state index in [2.05, 4.69) is 17.4 Å². The SMILES string of the molecule is CCCNC(=O)[C@H](CC)N(CCc1ccccc1)C(=O)CSc1ccc(C)cc1. The Kier molecular flexibility index (Phi) is 9.78. The van der Waals surface area contributed by atoms with Crippen LogP contribution in [0.25, 0.3) is 0 Å². The Labute approximate surface area is 179 Å². The molecule has 1 N–H and O–H groups in total. The van der Waals surface area contributed by atoms with Crippen molar-refractivity contribution in [1.29, 1.82) is 0 Å². The van der Waals surface area contributed by atoms with E-state index in [4.69, 9.17) is 0 Å². The van der Waals surface area contributed by atoms with Gasteiger partial charge in [-0.05, 0) is 43.9 Å². The first-order valence-electron chi connectivity index (χ1n) is 10.4. The summed E-state index contributed by atoms with van der Waals surface area (Å²) in [5, 5.41) is 2.96. The van der Waals surface area contributed by atoms with Crippen molar-refractivity contribution >= 4 is 23.6 Å². The highest BCUT2D eigenvalue weighted by molar-refractivity contribution is 8.00. The van der Waals surface area contributed by atoms with Gasteiger partial charge in [0.2, 0.25) is 11.8 Å². The van der Waals surface area contributed by atoms with Crippen molar-refractivity contribution in [3.63, 3.8) is 0 Å². The molecule has 0 aliphatic rings. The summed E-state index contributed by atoms with van der Waals surface area (Å²) in [4.78, 5) is 28.6. The Morgan fingerprint density at radius 1 is 1.03 bits per heavy atom. The Balaban J connectivity index is 2.09. The lowest BCUT2D eigenvalue weighted by Gasteiger charge is -2.30. The van der Waals surface area contributed by atoms with Crippen LogP contribution in [0.1, 0.15) is 37.8 Å². The van der Waals surface area contributed by atoms with Crippen LogP contribution in [0.15, 0.2) is 59.5 Å². The number of thioether (sulfide) groups is 1. The summed E-state index contributed by atoms with van der Waals surface area (Å²) in [6.45, 7) is 7.21. The fraction of sp³-hybridized carbons (Fsp3) is 0.417. The van der Waals surface area contributed by atoms with Crippen molar-refractivity contribution in [1.82, 2.24) is 10.2 Å². The molecule has 2 aromatic carbocycles. The lowest BCUT2D eigenvalue weighted by atomic mass is 10.1. The highest BCUT2D eigenvalue weighted by Gasteiger charge is 2.27. The van der Waals surface area contributed by atoms with Gasteiger partial charge < -0.3 is 10.2 Å². The number of nitrogens with zero attached hydrogens (tertiary/aromatic N) is 1. The van der Waals surface area contributed by atoms with Gasteiger partial charge in [0, 0.05) is 18.0 Å². The molecule has 0 fully saturated rings. The van der Waals surface area contributed by atoms with E-state index in [9.17, 15) is 9.59 Å². The fourth-order valence-electron chi connectivity index (χ4n) is 3.12. The molecule has 1 atom stereocenters. The maximum atomic E-state index is 13.1. The highest BCUT2D eigenvalue weighted by Crippen LogP contribution is 2.20. The average molecular weight is 413 g/mol. The molecule has 29 heavy (non-hydrogen) atoms. The van der Waals surface area contributed by atoms with Crippen LogP contribution < -0.4 is 5.32 Å². The van der Waals surface area contributed by atoms with Gasteiger partial charge in [0.05, 0.1) is 5.75 Å². The molecule has 0 bridgehead atoms. The van der Waals surface area contributed by atoms with Crippen LogP contribution in [-0.4, -0.2) is 41.6 Å². The van der Waals surface area contributed by atoms with Gasteiger partial charge >= 0.3 is 0 Å². The molecule has 0 aliphatic carbocycles. The minimum Gasteiger partial charge on any atom is -0.354 e. The number of hydrogen-bond acceptors (Lipinski definition) is 3. The van der Waals surface area contributed by atoms with Crippen molar-refractivity contribution in [2.45, 2.75) is 51.0 Å². The van der Waals surface area contributed by atoms with E-state index in [1.807, 2.05) is 63.2 Å². The summed E-state index contributed by atoms with van der Waals surface area (Å²) in [7, 11) is 0. The monoisotopic (exact) mass is 412 g/mol. The topological polar surface area (TPSA) is 49.4 Å². The third kappa shape index (κ3) is 7.58. The van der Waals surface area contributed by atoms with Gasteiger partial charge in [0.25, 0.3) is 0 Å². The van der Waals surface area contributed by atoms with Crippen LogP contribution in [0, 0.1) is 6.92 Å². The second-order valence-electron chi connectivity index (χ2n) is 7.14. The lowest BCUT2D eigenvalue weighted by molar-refractivity contribution is -0.138. The van der Waals surface area contributed by atoms with Gasteiger partial charge in [-0.15, -0.1) is 11.8 Å². The smallest absolute Gasteiger partial charge is 0.242 e. The first kappa shape index (κ1) is 23.0. The van der Waals surface area contributed by atoms with E-state index < -0.39 is 6.04 Å². The first-order valence-corrected chi connectivity index (χ1v) is 11.3. The van der Waals surface area contributed by atoms with Crippen molar-refractivity contribution in [2.75, 3.05) is 18.8 Å². The largest absolute Gasteiger partial charge is 0.354 e. The molecule has 0 spiro atoms. The van der Waals surface area contributed by atoms with Crippen LogP contribution >= 0.6 is 11.8 Å². The van der Waals surface area contributed by atoms with E-state index >= 15 is 0 Å². The molecular weight excluding hydrogens is 380 g/mol. The van der Waals surface area contributed by atoms with Gasteiger partial charge in [-0.3, -0.25) is 9.59 Å². The van der Waals surface area contributed by atoms with Crippen molar-refractivity contribution in [3.05, 3.63) is 65.7 Å². The molecule has 4 nitrogen and oxygen atoms in total. The predicted molar refractivity (Wildman–Crippen MR) is 121 cm³/mol. The zero-order chi connectivity index (χ0) is 21.1. The number of carbonyl (C=O) groups excluding carboxylic acids is 2. The van der Waals surface area contributed by atoms with E-state index in [1.165, 1.54) is 22.9 Å². The summed E-state index contributed by atoms with van der Waals surface area (Å²) in [5.41, 5.74) is 2.36. The van der Waals surface area contributed by atoms with Crippen LogP contribution in [0.5, 0.6) is 0 Å². The fourth-order valence-corrected chi connectivity index (χ4v) is 3.91. The third-order valence-corrected chi connectivity index (χ3v) is 5.80. The number of carbonyl (C=O) groups is 2. The molecular formula is C24H32N2O2S. The van der Waals surface area contributed by atoms with Crippen molar-refractivity contribution < 1.29 is 9.59 Å². The molecule has 0 heterocycles. The molecule has 0 unspecified atom stereocenters. The Morgan fingerprint density at radius 2 is 1.72 bits per heavy atom. The van der Waals surface area contributed by atoms with Gasteiger partial charge in [-0.25, -0.2) is 0 Å². The maximum Gasteiger partial charge on any atom is 0.242 e. The van der Waals surface area contributed by atoms with E-state index in [0.29, 0.717) is 25.3 Å². The van der Waals surface area contributed by atoms with Crippen LogP contribution in [0.4, 0.5) is 0 Å². The Bertz CT molecular complexity index is 762. The minimum absolute atomic E-state index is 0.00463. The third-order valence-electron chi connectivity index (χ3n) is 4.80. The quantitative estimate of drug-likeness (QED) is 0.554. The number of nitrogens with one attached hydrogen (secondary N) is 1. The number of benzene rings is 2. The number of aryl methyl sites for hydroxylation is 1. The highest BCUT2D eigenvalue weighted by atomic mass is 32.2. The standard InChI is InChI=1S/C24H32N2O2S/c1-4-16-25-24(28)22(5-2)26(17-15-20-9-7-6-8-10-20)23(27)18-29-21-13-11-19(3)12-14-21/h6-14,22H,4-5,15-18H2,1-3H3,(H,25,28)/t22-/m0/s1. The van der Waals surface area contributed by atoms with Crippen LogP contribution in [0.2, 0.25) is 0 Å². The Morgan fingerprint density at radius 3 is 2.34 bits per heavy atom. The normalized spacial score (nSPS) is 11.7. The van der Waals surface area contributed by atoms with Crippen LogP contribution in [-0.2, 0) is 16.0 Å². The molecule has 0 saturated carbocycles. The van der Waals surface area contributed by atoms with E-state index in [1.54, 1.807) is 4.90 Å². The summed E-state index contributed by atoms with van der Waals surface area (Å²) in [6, 6.07) is 17.8. The molecule has 0 aromatic heterocycles. The van der Waals surface area contributed by atoms with Gasteiger partial charge in [0.15, 0.2) is 0 Å². The zero-order valence-electron chi connectivity index (χ0n) is 17.7. The number of rotatable bonds is 11. The Hall–Kier alpha value is -2.27. The molecule has 2 amide bonds. The second-order valence-corrected chi connectivity index (χ2v) is 8.19. The molecule has 2 rings (SSSR count). The molecule has 0 aliphatic heterocycles. The molecule has 5 heteroatoms. The number of amides is 2. The van der Waals surface area contributed by atoms with Crippen molar-refractivity contribution in [3.8, 4) is 0 Å². The minimum atomic E-state index is -0.434. The summed E-state index contributed by atoms with van der Waals surface area (Å²) < 4.78 is 0. The van der Waals surface area contributed by atoms with Gasteiger partial charge in [0.1, 0.15) is 6.04 Å². The summed E-state index contributed by atoms with van der Waals surface area (Å²) in [6.07, 6.45) is 2.22. The first-order chi connectivity index (χ1) is 14.0. The van der Waals surface area contributed by atoms with Gasteiger partial charge in [-0.1, -0.05) is 61.9 Å². The van der Waals surface area contributed by atoms with E-state index in [0.717, 1.165) is 17.7 Å². The number of hydrogen-bond donors (Lipinski definition) is 1.